The van der Waals surface area contributed by atoms with Crippen molar-refractivity contribution in [3.8, 4) is 0 Å². The van der Waals surface area contributed by atoms with Gasteiger partial charge in [0.15, 0.2) is 11.0 Å². The molecule has 27 heavy (non-hydrogen) atoms. The second-order valence-electron chi connectivity index (χ2n) is 7.18. The topological polar surface area (TPSA) is 54.3 Å². The van der Waals surface area contributed by atoms with Gasteiger partial charge < -0.3 is 9.47 Å². The second kappa shape index (κ2) is 9.37. The lowest BCUT2D eigenvalue weighted by Gasteiger charge is -2.23. The van der Waals surface area contributed by atoms with E-state index >= 15 is 0 Å². The summed E-state index contributed by atoms with van der Waals surface area (Å²) in [6, 6.07) is 10.5. The van der Waals surface area contributed by atoms with E-state index in [9.17, 15) is 4.79 Å². The molecule has 0 N–H and O–H groups in total. The molecule has 1 atom stereocenters. The SMILES string of the molecule is CCC(c1nnc(SCC(=O)N2CCCC2)n1Cc1ccccc1)N(C)C. The van der Waals surface area contributed by atoms with Gasteiger partial charge in [-0.3, -0.25) is 9.69 Å². The zero-order valence-corrected chi connectivity index (χ0v) is 17.3. The molecule has 0 bridgehead atoms. The van der Waals surface area contributed by atoms with Gasteiger partial charge in [0.2, 0.25) is 5.91 Å². The Labute approximate surface area is 165 Å². The Bertz CT molecular complexity index is 740. The molecule has 0 saturated carbocycles. The average molecular weight is 388 g/mol. The van der Waals surface area contributed by atoms with E-state index in [1.165, 1.54) is 17.3 Å². The molecule has 2 aromatic rings. The van der Waals surface area contributed by atoms with Crippen molar-refractivity contribution in [2.45, 2.75) is 43.9 Å². The zero-order valence-electron chi connectivity index (χ0n) is 16.5. The van der Waals surface area contributed by atoms with Gasteiger partial charge in [-0.25, -0.2) is 0 Å². The first kappa shape index (κ1) is 19.9. The molecule has 0 aliphatic carbocycles. The van der Waals surface area contributed by atoms with Crippen molar-refractivity contribution < 1.29 is 4.79 Å². The van der Waals surface area contributed by atoms with Crippen LogP contribution in [0.1, 0.15) is 43.6 Å². The van der Waals surface area contributed by atoms with Gasteiger partial charge in [-0.05, 0) is 38.9 Å². The molecule has 0 spiro atoms. The van der Waals surface area contributed by atoms with Crippen molar-refractivity contribution in [2.75, 3.05) is 32.9 Å². The first-order chi connectivity index (χ1) is 13.1. The predicted octanol–water partition coefficient (Wildman–Crippen LogP) is 3.05. The Morgan fingerprint density at radius 2 is 1.89 bits per heavy atom. The highest BCUT2D eigenvalue weighted by molar-refractivity contribution is 7.99. The van der Waals surface area contributed by atoms with Crippen LogP contribution >= 0.6 is 11.8 Å². The molecule has 1 amide bonds. The van der Waals surface area contributed by atoms with E-state index in [1.54, 1.807) is 0 Å². The van der Waals surface area contributed by atoms with E-state index in [2.05, 4.69) is 52.8 Å². The summed E-state index contributed by atoms with van der Waals surface area (Å²) in [5.74, 6) is 1.58. The number of thioether (sulfide) groups is 1. The van der Waals surface area contributed by atoms with E-state index in [0.29, 0.717) is 12.3 Å². The molecule has 0 radical (unpaired) electrons. The van der Waals surface area contributed by atoms with Crippen LogP contribution in [0.4, 0.5) is 0 Å². The molecule has 6 nitrogen and oxygen atoms in total. The minimum absolute atomic E-state index is 0.199. The number of hydrogen-bond acceptors (Lipinski definition) is 5. The van der Waals surface area contributed by atoms with Crippen LogP contribution < -0.4 is 0 Å². The predicted molar refractivity (Wildman–Crippen MR) is 109 cm³/mol. The maximum absolute atomic E-state index is 12.4. The smallest absolute Gasteiger partial charge is 0.233 e. The maximum atomic E-state index is 12.4. The van der Waals surface area contributed by atoms with E-state index in [-0.39, 0.29) is 11.9 Å². The van der Waals surface area contributed by atoms with Crippen molar-refractivity contribution in [1.82, 2.24) is 24.6 Å². The molecule has 1 unspecified atom stereocenters. The summed E-state index contributed by atoms with van der Waals surface area (Å²) in [6.45, 7) is 4.66. The monoisotopic (exact) mass is 387 g/mol. The molecule has 2 heterocycles. The Balaban J connectivity index is 1.81. The number of amides is 1. The highest BCUT2D eigenvalue weighted by atomic mass is 32.2. The number of nitrogens with zero attached hydrogens (tertiary/aromatic N) is 5. The van der Waals surface area contributed by atoms with Crippen LogP contribution in [0.5, 0.6) is 0 Å². The van der Waals surface area contributed by atoms with Gasteiger partial charge in [-0.15, -0.1) is 10.2 Å². The second-order valence-corrected chi connectivity index (χ2v) is 8.12. The lowest BCUT2D eigenvalue weighted by atomic mass is 10.2. The highest BCUT2D eigenvalue weighted by Gasteiger charge is 2.24. The standard InChI is InChI=1S/C20H29N5OS/c1-4-17(23(2)3)19-21-22-20(25(19)14-16-10-6-5-7-11-16)27-15-18(26)24-12-8-9-13-24/h5-7,10-11,17H,4,8-9,12-15H2,1-3H3. The quantitative estimate of drug-likeness (QED) is 0.652. The van der Waals surface area contributed by atoms with Crippen molar-refractivity contribution in [3.05, 3.63) is 41.7 Å². The Hall–Kier alpha value is -1.86. The molecule has 1 aliphatic heterocycles. The zero-order chi connectivity index (χ0) is 19.2. The number of aromatic nitrogens is 3. The third-order valence-corrected chi connectivity index (χ3v) is 5.97. The summed E-state index contributed by atoms with van der Waals surface area (Å²) < 4.78 is 2.17. The molecule has 1 saturated heterocycles. The highest BCUT2D eigenvalue weighted by Crippen LogP contribution is 2.26. The van der Waals surface area contributed by atoms with Gasteiger partial charge in [-0.2, -0.15) is 0 Å². The summed E-state index contributed by atoms with van der Waals surface area (Å²) in [5, 5.41) is 9.77. The van der Waals surface area contributed by atoms with Crippen molar-refractivity contribution in [1.29, 1.82) is 0 Å². The van der Waals surface area contributed by atoms with E-state index in [1.807, 2.05) is 23.1 Å². The van der Waals surface area contributed by atoms with Crippen LogP contribution in [-0.4, -0.2) is 63.4 Å². The number of rotatable bonds is 8. The minimum atomic E-state index is 0.199. The van der Waals surface area contributed by atoms with Gasteiger partial charge in [0.25, 0.3) is 0 Å². The summed E-state index contributed by atoms with van der Waals surface area (Å²) in [4.78, 5) is 16.6. The van der Waals surface area contributed by atoms with Crippen molar-refractivity contribution >= 4 is 17.7 Å². The fraction of sp³-hybridized carbons (Fsp3) is 0.550. The van der Waals surface area contributed by atoms with Crippen LogP contribution in [0.15, 0.2) is 35.5 Å². The van der Waals surface area contributed by atoms with Gasteiger partial charge in [-0.1, -0.05) is 49.0 Å². The van der Waals surface area contributed by atoms with Crippen LogP contribution in [0.3, 0.4) is 0 Å². The summed E-state index contributed by atoms with van der Waals surface area (Å²) >= 11 is 1.50. The lowest BCUT2D eigenvalue weighted by Crippen LogP contribution is -2.29. The maximum Gasteiger partial charge on any atom is 0.233 e. The van der Waals surface area contributed by atoms with Crippen LogP contribution in [-0.2, 0) is 11.3 Å². The van der Waals surface area contributed by atoms with Crippen LogP contribution in [0.25, 0.3) is 0 Å². The number of carbonyl (C=O) groups is 1. The van der Waals surface area contributed by atoms with E-state index in [4.69, 9.17) is 0 Å². The molecular formula is C20H29N5OS. The van der Waals surface area contributed by atoms with Gasteiger partial charge >= 0.3 is 0 Å². The van der Waals surface area contributed by atoms with Gasteiger partial charge in [0.1, 0.15) is 0 Å². The molecule has 146 valence electrons. The first-order valence-corrected chi connectivity index (χ1v) is 10.6. The molecule has 1 aromatic heterocycles. The molecule has 1 fully saturated rings. The number of carbonyl (C=O) groups excluding carboxylic acids is 1. The number of benzene rings is 1. The minimum Gasteiger partial charge on any atom is -0.342 e. The third kappa shape index (κ3) is 4.90. The third-order valence-electron chi connectivity index (χ3n) is 5.02. The van der Waals surface area contributed by atoms with E-state index in [0.717, 1.165) is 43.3 Å². The summed E-state index contributed by atoms with van der Waals surface area (Å²) in [5.41, 5.74) is 1.21. The normalized spacial score (nSPS) is 15.5. The Morgan fingerprint density at radius 3 is 2.52 bits per heavy atom. The largest absolute Gasteiger partial charge is 0.342 e. The Morgan fingerprint density at radius 1 is 1.19 bits per heavy atom. The fourth-order valence-electron chi connectivity index (χ4n) is 3.53. The molecule has 3 rings (SSSR count). The van der Waals surface area contributed by atoms with Crippen molar-refractivity contribution in [2.24, 2.45) is 0 Å². The van der Waals surface area contributed by atoms with Gasteiger partial charge in [0, 0.05) is 13.1 Å². The molecule has 7 heteroatoms. The van der Waals surface area contributed by atoms with Gasteiger partial charge in [0.05, 0.1) is 18.3 Å². The fourth-order valence-corrected chi connectivity index (χ4v) is 4.38. The Kier molecular flexibility index (Phi) is 6.90. The molecule has 1 aliphatic rings. The average Bonchev–Trinajstić information content (AvgIpc) is 3.32. The summed E-state index contributed by atoms with van der Waals surface area (Å²) in [7, 11) is 4.14. The molecule has 1 aromatic carbocycles. The first-order valence-electron chi connectivity index (χ1n) is 9.64. The molecular weight excluding hydrogens is 358 g/mol. The summed E-state index contributed by atoms with van der Waals surface area (Å²) in [6.07, 6.45) is 3.19. The van der Waals surface area contributed by atoms with Crippen molar-refractivity contribution in [3.63, 3.8) is 0 Å². The lowest BCUT2D eigenvalue weighted by molar-refractivity contribution is -0.127. The van der Waals surface area contributed by atoms with E-state index < -0.39 is 0 Å². The number of hydrogen-bond donors (Lipinski definition) is 0. The van der Waals surface area contributed by atoms with Crippen LogP contribution in [0, 0.1) is 0 Å². The van der Waals surface area contributed by atoms with Crippen LogP contribution in [0.2, 0.25) is 0 Å². The number of likely N-dealkylation sites (tertiary alicyclic amines) is 1.